The third kappa shape index (κ3) is 4.34. The summed E-state index contributed by atoms with van der Waals surface area (Å²) in [6, 6.07) is 5.47. The van der Waals surface area contributed by atoms with Gasteiger partial charge in [-0.15, -0.1) is 18.2 Å². The van der Waals surface area contributed by atoms with Crippen LogP contribution in [0.2, 0.25) is 5.02 Å². The van der Waals surface area contributed by atoms with Gasteiger partial charge in [0.25, 0.3) is 0 Å². The Morgan fingerprint density at radius 1 is 1.52 bits per heavy atom. The molecule has 0 radical (unpaired) electrons. The zero-order valence-corrected chi connectivity index (χ0v) is 13.5. The van der Waals surface area contributed by atoms with Crippen molar-refractivity contribution < 1.29 is 9.90 Å². The van der Waals surface area contributed by atoms with Crippen molar-refractivity contribution in [3.63, 3.8) is 0 Å². The van der Waals surface area contributed by atoms with Gasteiger partial charge in [-0.2, -0.15) is 0 Å². The number of hydrogen-bond acceptors (Lipinski definition) is 4. The van der Waals surface area contributed by atoms with E-state index in [1.807, 2.05) is 16.7 Å². The maximum atomic E-state index is 10.7. The normalized spacial score (nSPS) is 10.7. The number of aliphatic carboxylic acids is 1. The van der Waals surface area contributed by atoms with Crippen molar-refractivity contribution in [2.24, 2.45) is 0 Å². The molecule has 0 saturated carbocycles. The first kappa shape index (κ1) is 16.1. The van der Waals surface area contributed by atoms with Crippen molar-refractivity contribution in [1.82, 2.24) is 9.55 Å². The van der Waals surface area contributed by atoms with Gasteiger partial charge in [0, 0.05) is 17.3 Å². The van der Waals surface area contributed by atoms with Crippen molar-refractivity contribution in [1.29, 1.82) is 0 Å². The second-order valence-electron chi connectivity index (χ2n) is 4.12. The van der Waals surface area contributed by atoms with Crippen LogP contribution in [0.15, 0.2) is 23.4 Å². The maximum Gasteiger partial charge on any atom is 0.313 e. The van der Waals surface area contributed by atoms with Crippen molar-refractivity contribution >= 4 is 52.1 Å². The smallest absolute Gasteiger partial charge is 0.313 e. The number of imidazole rings is 1. The highest BCUT2D eigenvalue weighted by atomic mass is 35.5. The highest BCUT2D eigenvalue weighted by molar-refractivity contribution is 8.00. The van der Waals surface area contributed by atoms with E-state index in [1.165, 1.54) is 11.8 Å². The number of benzene rings is 1. The molecular formula is C14H13ClN2O2S2. The van der Waals surface area contributed by atoms with E-state index in [0.29, 0.717) is 22.5 Å². The minimum absolute atomic E-state index is 0.0193. The SMILES string of the molecule is C#CCSCCn1c(SCC(=O)O)nc2ccc(Cl)cc21. The summed E-state index contributed by atoms with van der Waals surface area (Å²) in [5, 5.41) is 10.2. The van der Waals surface area contributed by atoms with Gasteiger partial charge in [0.05, 0.1) is 22.5 Å². The number of aryl methyl sites for hydroxylation is 1. The van der Waals surface area contributed by atoms with Gasteiger partial charge in [0.1, 0.15) is 0 Å². The number of carboxylic acids is 1. The monoisotopic (exact) mass is 340 g/mol. The van der Waals surface area contributed by atoms with Gasteiger partial charge in [-0.3, -0.25) is 4.79 Å². The molecule has 0 unspecified atom stereocenters. The molecule has 0 fully saturated rings. The van der Waals surface area contributed by atoms with Crippen molar-refractivity contribution in [2.75, 3.05) is 17.3 Å². The third-order valence-electron chi connectivity index (χ3n) is 2.64. The zero-order valence-electron chi connectivity index (χ0n) is 11.1. The van der Waals surface area contributed by atoms with E-state index < -0.39 is 5.97 Å². The molecule has 2 rings (SSSR count). The molecule has 1 aromatic carbocycles. The van der Waals surface area contributed by atoms with Gasteiger partial charge in [-0.1, -0.05) is 29.3 Å². The Kier molecular flexibility index (Phi) is 5.85. The van der Waals surface area contributed by atoms with Gasteiger partial charge >= 0.3 is 5.97 Å². The van der Waals surface area contributed by atoms with Crippen LogP contribution < -0.4 is 0 Å². The summed E-state index contributed by atoms with van der Waals surface area (Å²) in [7, 11) is 0. The molecule has 0 spiro atoms. The highest BCUT2D eigenvalue weighted by Crippen LogP contribution is 2.26. The quantitative estimate of drug-likeness (QED) is 0.476. The number of terminal acetylenes is 1. The molecule has 0 aliphatic carbocycles. The number of thioether (sulfide) groups is 2. The Balaban J connectivity index is 2.27. The third-order valence-corrected chi connectivity index (χ3v) is 4.68. The Hall–Kier alpha value is -1.29. The minimum Gasteiger partial charge on any atom is -0.481 e. The zero-order chi connectivity index (χ0) is 15.2. The first-order valence-corrected chi connectivity index (χ1v) is 8.65. The fourth-order valence-corrected chi connectivity index (χ4v) is 3.31. The number of hydrogen-bond donors (Lipinski definition) is 1. The number of carbonyl (C=O) groups is 1. The second kappa shape index (κ2) is 7.64. The number of fused-ring (bicyclic) bond motifs is 1. The molecule has 0 aliphatic rings. The largest absolute Gasteiger partial charge is 0.481 e. The summed E-state index contributed by atoms with van der Waals surface area (Å²) in [6.45, 7) is 0.713. The Labute approximate surface area is 136 Å². The molecule has 0 amide bonds. The van der Waals surface area contributed by atoms with Crippen LogP contribution in [0.5, 0.6) is 0 Å². The molecule has 1 heterocycles. The van der Waals surface area contributed by atoms with Crippen LogP contribution in [-0.4, -0.2) is 37.9 Å². The topological polar surface area (TPSA) is 55.1 Å². The lowest BCUT2D eigenvalue weighted by Gasteiger charge is -2.07. The minimum atomic E-state index is -0.863. The van der Waals surface area contributed by atoms with Gasteiger partial charge in [-0.25, -0.2) is 4.98 Å². The first-order chi connectivity index (χ1) is 10.1. The Bertz CT molecular complexity index is 694. The van der Waals surface area contributed by atoms with Crippen LogP contribution in [-0.2, 0) is 11.3 Å². The molecule has 1 N–H and O–H groups in total. The van der Waals surface area contributed by atoms with Crippen LogP contribution in [0.3, 0.4) is 0 Å². The Morgan fingerprint density at radius 2 is 2.33 bits per heavy atom. The van der Waals surface area contributed by atoms with E-state index in [-0.39, 0.29) is 5.75 Å². The molecule has 0 bridgehead atoms. The lowest BCUT2D eigenvalue weighted by Crippen LogP contribution is -2.05. The van der Waals surface area contributed by atoms with E-state index in [0.717, 1.165) is 16.8 Å². The molecule has 0 aliphatic heterocycles. The molecule has 0 saturated heterocycles. The number of nitrogens with zero attached hydrogens (tertiary/aromatic N) is 2. The molecule has 110 valence electrons. The van der Waals surface area contributed by atoms with Gasteiger partial charge in [0.15, 0.2) is 5.16 Å². The summed E-state index contributed by atoms with van der Waals surface area (Å²) in [6.07, 6.45) is 5.23. The summed E-state index contributed by atoms with van der Waals surface area (Å²) in [4.78, 5) is 15.2. The van der Waals surface area contributed by atoms with Crippen LogP contribution in [0.25, 0.3) is 11.0 Å². The van der Waals surface area contributed by atoms with Crippen LogP contribution in [0, 0.1) is 12.3 Å². The molecule has 1 aromatic heterocycles. The highest BCUT2D eigenvalue weighted by Gasteiger charge is 2.13. The summed E-state index contributed by atoms with van der Waals surface area (Å²) >= 11 is 8.90. The first-order valence-electron chi connectivity index (χ1n) is 6.13. The van der Waals surface area contributed by atoms with Crippen LogP contribution in [0.4, 0.5) is 0 Å². The fourth-order valence-electron chi connectivity index (χ4n) is 1.81. The van der Waals surface area contributed by atoms with E-state index in [4.69, 9.17) is 23.1 Å². The van der Waals surface area contributed by atoms with Crippen molar-refractivity contribution in [3.8, 4) is 12.3 Å². The van der Waals surface area contributed by atoms with Gasteiger partial charge < -0.3 is 9.67 Å². The van der Waals surface area contributed by atoms with E-state index >= 15 is 0 Å². The predicted molar refractivity (Wildman–Crippen MR) is 89.3 cm³/mol. The lowest BCUT2D eigenvalue weighted by molar-refractivity contribution is -0.133. The fraction of sp³-hybridized carbons (Fsp3) is 0.286. The standard InChI is InChI=1S/C14H13ClN2O2S2/c1-2-6-20-7-5-17-12-8-10(15)3-4-11(12)16-14(17)21-9-13(18)19/h1,3-4,8H,5-7,9H2,(H,18,19). The van der Waals surface area contributed by atoms with E-state index in [1.54, 1.807) is 17.8 Å². The molecular weight excluding hydrogens is 328 g/mol. The lowest BCUT2D eigenvalue weighted by atomic mass is 10.3. The van der Waals surface area contributed by atoms with Crippen LogP contribution in [0.1, 0.15) is 0 Å². The molecule has 7 heteroatoms. The molecule has 2 aromatic rings. The maximum absolute atomic E-state index is 10.7. The molecule has 21 heavy (non-hydrogen) atoms. The second-order valence-corrected chi connectivity index (χ2v) is 6.60. The number of halogens is 1. The summed E-state index contributed by atoms with van der Waals surface area (Å²) in [5.74, 6) is 3.19. The predicted octanol–water partition coefficient (Wildman–Crippen LogP) is 3.23. The van der Waals surface area contributed by atoms with Crippen molar-refractivity contribution in [3.05, 3.63) is 23.2 Å². The molecule has 4 nitrogen and oxygen atoms in total. The van der Waals surface area contributed by atoms with E-state index in [9.17, 15) is 4.79 Å². The average Bonchev–Trinajstić information content (AvgIpc) is 2.78. The number of aromatic nitrogens is 2. The summed E-state index contributed by atoms with van der Waals surface area (Å²) in [5.41, 5.74) is 1.73. The van der Waals surface area contributed by atoms with Crippen molar-refractivity contribution in [2.45, 2.75) is 11.7 Å². The number of rotatable bonds is 7. The Morgan fingerprint density at radius 3 is 3.05 bits per heavy atom. The van der Waals surface area contributed by atoms with Crippen LogP contribution >= 0.6 is 35.1 Å². The molecule has 0 atom stereocenters. The van der Waals surface area contributed by atoms with E-state index in [2.05, 4.69) is 10.9 Å². The summed E-state index contributed by atoms with van der Waals surface area (Å²) < 4.78 is 2.00. The average molecular weight is 341 g/mol. The number of carboxylic acid groups (broad SMARTS) is 1. The van der Waals surface area contributed by atoms with Gasteiger partial charge in [-0.05, 0) is 18.2 Å². The van der Waals surface area contributed by atoms with Gasteiger partial charge in [0.2, 0.25) is 0 Å².